The molecular formula is C18H18ClNO7S. The molecule has 1 aliphatic heterocycles. The summed E-state index contributed by atoms with van der Waals surface area (Å²) in [6.45, 7) is 1.00. The predicted molar refractivity (Wildman–Crippen MR) is 100 cm³/mol. The first kappa shape index (κ1) is 20.2. The topological polar surface area (TPSA) is 114 Å². The van der Waals surface area contributed by atoms with E-state index in [0.717, 1.165) is 0 Å². The zero-order valence-corrected chi connectivity index (χ0v) is 16.3. The van der Waals surface area contributed by atoms with Crippen molar-refractivity contribution in [1.29, 1.82) is 0 Å². The lowest BCUT2D eigenvalue weighted by molar-refractivity contribution is -0.143. The van der Waals surface area contributed by atoms with E-state index < -0.39 is 16.0 Å². The second-order valence-corrected chi connectivity index (χ2v) is 7.83. The summed E-state index contributed by atoms with van der Waals surface area (Å²) in [7, 11) is -3.75. The Kier molecular flexibility index (Phi) is 6.28. The number of fused-ring (bicyclic) bond motifs is 1. The van der Waals surface area contributed by atoms with E-state index in [1.807, 2.05) is 0 Å². The normalized spacial score (nSPS) is 13.1. The van der Waals surface area contributed by atoms with Gasteiger partial charge in [-0.25, -0.2) is 13.6 Å². The maximum absolute atomic E-state index is 12.0. The van der Waals surface area contributed by atoms with Crippen LogP contribution in [0.4, 0.5) is 0 Å². The van der Waals surface area contributed by atoms with Crippen molar-refractivity contribution < 1.29 is 32.2 Å². The molecule has 28 heavy (non-hydrogen) atoms. The number of rotatable bonds is 7. The Labute approximate surface area is 167 Å². The Morgan fingerprint density at radius 3 is 2.54 bits per heavy atom. The van der Waals surface area contributed by atoms with Crippen molar-refractivity contribution in [2.24, 2.45) is 5.14 Å². The maximum atomic E-state index is 12.0. The third-order valence-electron chi connectivity index (χ3n) is 3.77. The Morgan fingerprint density at radius 1 is 1.11 bits per heavy atom. The number of ether oxygens (including phenoxy) is 4. The van der Waals surface area contributed by atoms with Gasteiger partial charge < -0.3 is 18.9 Å². The van der Waals surface area contributed by atoms with Crippen molar-refractivity contribution >= 4 is 27.6 Å². The van der Waals surface area contributed by atoms with Gasteiger partial charge in [-0.2, -0.15) is 0 Å². The van der Waals surface area contributed by atoms with Crippen LogP contribution in [0, 0.1) is 0 Å². The summed E-state index contributed by atoms with van der Waals surface area (Å²) in [5.41, 5.74) is 0.652. The van der Waals surface area contributed by atoms with Gasteiger partial charge >= 0.3 is 5.97 Å². The molecule has 10 heteroatoms. The van der Waals surface area contributed by atoms with Crippen LogP contribution in [0.15, 0.2) is 41.3 Å². The maximum Gasteiger partial charge on any atom is 0.310 e. The Morgan fingerprint density at radius 2 is 1.82 bits per heavy atom. The molecule has 0 bridgehead atoms. The zero-order chi connectivity index (χ0) is 20.1. The summed E-state index contributed by atoms with van der Waals surface area (Å²) in [5, 5.41) is 5.40. The van der Waals surface area contributed by atoms with Gasteiger partial charge in [0.15, 0.2) is 11.5 Å². The third-order valence-corrected chi connectivity index (χ3v) is 4.98. The van der Waals surface area contributed by atoms with E-state index in [1.165, 1.54) is 24.3 Å². The standard InChI is InChI=1S/C18H18ClNO7S/c19-15-9-12(10-16-18(15)27-8-6-25-16)11-17(21)26-7-5-24-13-1-3-14(4-2-13)28(20,22)23/h1-4,9-10H,5-8,11H2,(H2,20,22,23). The molecule has 0 atom stereocenters. The van der Waals surface area contributed by atoms with E-state index in [1.54, 1.807) is 12.1 Å². The number of halogens is 1. The molecule has 0 radical (unpaired) electrons. The van der Waals surface area contributed by atoms with Crippen molar-refractivity contribution in [1.82, 2.24) is 0 Å². The summed E-state index contributed by atoms with van der Waals surface area (Å²) in [4.78, 5) is 12.0. The number of sulfonamides is 1. The highest BCUT2D eigenvalue weighted by atomic mass is 35.5. The lowest BCUT2D eigenvalue weighted by atomic mass is 10.1. The number of primary sulfonamides is 1. The number of esters is 1. The fraction of sp³-hybridized carbons (Fsp3) is 0.278. The summed E-state index contributed by atoms with van der Waals surface area (Å²) < 4.78 is 43.8. The molecule has 3 rings (SSSR count). The molecule has 1 aliphatic rings. The average molecular weight is 428 g/mol. The highest BCUT2D eigenvalue weighted by Gasteiger charge is 2.18. The number of carbonyl (C=O) groups is 1. The Balaban J connectivity index is 1.45. The first-order valence-corrected chi connectivity index (χ1v) is 10.2. The minimum Gasteiger partial charge on any atom is -0.490 e. The minimum absolute atomic E-state index is 0.00984. The van der Waals surface area contributed by atoms with Crippen molar-refractivity contribution in [3.8, 4) is 17.2 Å². The predicted octanol–water partition coefficient (Wildman–Crippen LogP) is 1.92. The van der Waals surface area contributed by atoms with Gasteiger partial charge in [-0.3, -0.25) is 4.79 Å². The second kappa shape index (κ2) is 8.68. The molecule has 0 aromatic heterocycles. The van der Waals surface area contributed by atoms with Crippen LogP contribution in [0.3, 0.4) is 0 Å². The number of nitrogens with two attached hydrogens (primary N) is 1. The molecule has 150 valence electrons. The lowest BCUT2D eigenvalue weighted by Gasteiger charge is -2.20. The van der Waals surface area contributed by atoms with Crippen LogP contribution < -0.4 is 19.3 Å². The summed E-state index contributed by atoms with van der Waals surface area (Å²) in [6, 6.07) is 8.95. The molecule has 2 aromatic rings. The van der Waals surface area contributed by atoms with Crippen molar-refractivity contribution in [3.05, 3.63) is 47.0 Å². The first-order valence-electron chi connectivity index (χ1n) is 8.32. The zero-order valence-electron chi connectivity index (χ0n) is 14.7. The molecule has 8 nitrogen and oxygen atoms in total. The molecule has 0 fully saturated rings. The number of hydrogen-bond acceptors (Lipinski definition) is 7. The molecule has 2 N–H and O–H groups in total. The van der Waals surface area contributed by atoms with E-state index in [4.69, 9.17) is 35.7 Å². The smallest absolute Gasteiger partial charge is 0.310 e. The van der Waals surface area contributed by atoms with Gasteiger partial charge in [0.2, 0.25) is 10.0 Å². The fourth-order valence-corrected chi connectivity index (χ4v) is 3.33. The van der Waals surface area contributed by atoms with Gasteiger partial charge in [0, 0.05) is 0 Å². The lowest BCUT2D eigenvalue weighted by Crippen LogP contribution is -2.17. The van der Waals surface area contributed by atoms with Crippen molar-refractivity contribution in [2.45, 2.75) is 11.3 Å². The molecule has 0 saturated heterocycles. The van der Waals surface area contributed by atoms with Crippen LogP contribution in [-0.2, 0) is 26.0 Å². The van der Waals surface area contributed by atoms with E-state index >= 15 is 0 Å². The SMILES string of the molecule is NS(=O)(=O)c1ccc(OCCOC(=O)Cc2cc(Cl)c3c(c2)OCCO3)cc1. The number of hydrogen-bond donors (Lipinski definition) is 1. The van der Waals surface area contributed by atoms with Gasteiger partial charge in [0.05, 0.1) is 16.3 Å². The van der Waals surface area contributed by atoms with Gasteiger partial charge in [0.25, 0.3) is 0 Å². The van der Waals surface area contributed by atoms with Gasteiger partial charge in [-0.1, -0.05) is 11.6 Å². The summed E-state index contributed by atoms with van der Waals surface area (Å²) in [6.07, 6.45) is 0.0272. The molecule has 1 heterocycles. The Bertz CT molecular complexity index is 961. The van der Waals surface area contributed by atoms with Gasteiger partial charge in [-0.15, -0.1) is 0 Å². The molecule has 0 unspecified atom stereocenters. The molecule has 2 aromatic carbocycles. The minimum atomic E-state index is -3.75. The van der Waals surface area contributed by atoms with Crippen LogP contribution in [0.5, 0.6) is 17.2 Å². The molecular weight excluding hydrogens is 410 g/mol. The van der Waals surface area contributed by atoms with Crippen LogP contribution in [0.2, 0.25) is 5.02 Å². The Hall–Kier alpha value is -2.49. The van der Waals surface area contributed by atoms with Crippen molar-refractivity contribution in [3.63, 3.8) is 0 Å². The molecule has 0 saturated carbocycles. The van der Waals surface area contributed by atoms with Crippen LogP contribution >= 0.6 is 11.6 Å². The highest BCUT2D eigenvalue weighted by molar-refractivity contribution is 7.89. The first-order chi connectivity index (χ1) is 13.3. The summed E-state index contributed by atoms with van der Waals surface area (Å²) in [5.74, 6) is 0.975. The third kappa shape index (κ3) is 5.28. The van der Waals surface area contributed by atoms with Crippen LogP contribution in [0.25, 0.3) is 0 Å². The quantitative estimate of drug-likeness (QED) is 0.530. The monoisotopic (exact) mass is 427 g/mol. The van der Waals surface area contributed by atoms with E-state index in [0.29, 0.717) is 41.0 Å². The number of carbonyl (C=O) groups excluding carboxylic acids is 1. The largest absolute Gasteiger partial charge is 0.490 e. The van der Waals surface area contributed by atoms with Crippen molar-refractivity contribution in [2.75, 3.05) is 26.4 Å². The molecule has 0 amide bonds. The number of benzene rings is 2. The van der Waals surface area contributed by atoms with E-state index in [-0.39, 0.29) is 24.5 Å². The molecule has 0 aliphatic carbocycles. The summed E-state index contributed by atoms with van der Waals surface area (Å²) >= 11 is 6.14. The van der Waals surface area contributed by atoms with Crippen LogP contribution in [-0.4, -0.2) is 40.8 Å². The highest BCUT2D eigenvalue weighted by Crippen LogP contribution is 2.38. The van der Waals surface area contributed by atoms with Gasteiger partial charge in [0.1, 0.15) is 32.2 Å². The van der Waals surface area contributed by atoms with Gasteiger partial charge in [-0.05, 0) is 42.0 Å². The fourth-order valence-electron chi connectivity index (χ4n) is 2.52. The average Bonchev–Trinajstić information content (AvgIpc) is 2.65. The van der Waals surface area contributed by atoms with E-state index in [9.17, 15) is 13.2 Å². The van der Waals surface area contributed by atoms with E-state index in [2.05, 4.69) is 0 Å². The second-order valence-electron chi connectivity index (χ2n) is 5.86. The van der Waals surface area contributed by atoms with Crippen LogP contribution in [0.1, 0.15) is 5.56 Å². The molecule has 0 spiro atoms.